The summed E-state index contributed by atoms with van der Waals surface area (Å²) in [6, 6.07) is 3.19. The first-order chi connectivity index (χ1) is 10.1. The Balaban J connectivity index is 1.88. The van der Waals surface area contributed by atoms with Crippen LogP contribution in [0, 0.1) is 27.4 Å². The van der Waals surface area contributed by atoms with Crippen LogP contribution in [0.25, 0.3) is 0 Å². The first kappa shape index (κ1) is 15.2. The van der Waals surface area contributed by atoms with Gasteiger partial charge in [0.15, 0.2) is 0 Å². The van der Waals surface area contributed by atoms with E-state index in [2.05, 4.69) is 22.1 Å². The summed E-state index contributed by atoms with van der Waals surface area (Å²) in [4.78, 5) is 16.5. The minimum atomic E-state index is -0.549. The SMILES string of the molecule is CC1CCN(CCNc2ncc([N+](=O)[O-])cc2C#N)CC1. The highest BCUT2D eigenvalue weighted by molar-refractivity contribution is 5.55. The lowest BCUT2D eigenvalue weighted by molar-refractivity contribution is -0.385. The van der Waals surface area contributed by atoms with E-state index in [1.165, 1.54) is 25.1 Å². The molecular weight excluding hydrogens is 270 g/mol. The van der Waals surface area contributed by atoms with Gasteiger partial charge in [-0.25, -0.2) is 4.98 Å². The van der Waals surface area contributed by atoms with Crippen LogP contribution in [0.1, 0.15) is 25.3 Å². The van der Waals surface area contributed by atoms with Crippen LogP contribution < -0.4 is 5.32 Å². The van der Waals surface area contributed by atoms with Crippen molar-refractivity contribution in [2.75, 3.05) is 31.5 Å². The molecule has 1 aromatic heterocycles. The Bertz CT molecular complexity index is 547. The molecule has 21 heavy (non-hydrogen) atoms. The third-order valence-corrected chi connectivity index (χ3v) is 3.80. The lowest BCUT2D eigenvalue weighted by Crippen LogP contribution is -2.36. The summed E-state index contributed by atoms with van der Waals surface area (Å²) >= 11 is 0. The molecule has 7 heteroatoms. The van der Waals surface area contributed by atoms with Crippen molar-refractivity contribution in [3.8, 4) is 6.07 Å². The Hall–Kier alpha value is -2.20. The second-order valence-electron chi connectivity index (χ2n) is 5.41. The van der Waals surface area contributed by atoms with Crippen molar-refractivity contribution in [2.24, 2.45) is 5.92 Å². The third kappa shape index (κ3) is 4.13. The Morgan fingerprint density at radius 1 is 1.57 bits per heavy atom. The number of pyridine rings is 1. The van der Waals surface area contributed by atoms with Crippen LogP contribution in [-0.4, -0.2) is 41.0 Å². The lowest BCUT2D eigenvalue weighted by atomic mass is 9.99. The number of nitrogens with zero attached hydrogens (tertiary/aromatic N) is 4. The highest BCUT2D eigenvalue weighted by atomic mass is 16.6. The van der Waals surface area contributed by atoms with E-state index in [-0.39, 0.29) is 11.3 Å². The molecule has 1 saturated heterocycles. The van der Waals surface area contributed by atoms with E-state index >= 15 is 0 Å². The molecule has 1 fully saturated rings. The number of likely N-dealkylation sites (tertiary alicyclic amines) is 1. The molecule has 0 amide bonds. The monoisotopic (exact) mass is 289 g/mol. The topological polar surface area (TPSA) is 95.1 Å². The fourth-order valence-electron chi connectivity index (χ4n) is 2.40. The Morgan fingerprint density at radius 3 is 2.90 bits per heavy atom. The lowest BCUT2D eigenvalue weighted by Gasteiger charge is -2.30. The maximum Gasteiger partial charge on any atom is 0.289 e. The summed E-state index contributed by atoms with van der Waals surface area (Å²) in [5.41, 5.74) is 0.0404. The van der Waals surface area contributed by atoms with Gasteiger partial charge in [0.1, 0.15) is 23.6 Å². The Labute approximate surface area is 123 Å². The molecule has 0 radical (unpaired) electrons. The molecule has 0 unspecified atom stereocenters. The molecular formula is C14H19N5O2. The second kappa shape index (κ2) is 6.99. The van der Waals surface area contributed by atoms with Gasteiger partial charge < -0.3 is 10.2 Å². The van der Waals surface area contributed by atoms with Gasteiger partial charge in [0.05, 0.1) is 4.92 Å². The highest BCUT2D eigenvalue weighted by Crippen LogP contribution is 2.18. The zero-order valence-electron chi connectivity index (χ0n) is 12.1. The highest BCUT2D eigenvalue weighted by Gasteiger charge is 2.16. The van der Waals surface area contributed by atoms with E-state index in [0.29, 0.717) is 12.4 Å². The van der Waals surface area contributed by atoms with E-state index in [1.807, 2.05) is 6.07 Å². The van der Waals surface area contributed by atoms with Crippen LogP contribution in [0.2, 0.25) is 0 Å². The molecule has 2 heterocycles. The molecule has 1 N–H and O–H groups in total. The minimum Gasteiger partial charge on any atom is -0.368 e. The van der Waals surface area contributed by atoms with Gasteiger partial charge in [-0.15, -0.1) is 0 Å². The minimum absolute atomic E-state index is 0.165. The molecule has 112 valence electrons. The van der Waals surface area contributed by atoms with Gasteiger partial charge in [-0.2, -0.15) is 5.26 Å². The maximum atomic E-state index is 10.7. The van der Waals surface area contributed by atoms with Gasteiger partial charge in [0.25, 0.3) is 5.69 Å². The Kier molecular flexibility index (Phi) is 5.06. The van der Waals surface area contributed by atoms with E-state index in [1.54, 1.807) is 0 Å². The number of nitriles is 1. The molecule has 0 saturated carbocycles. The van der Waals surface area contributed by atoms with Gasteiger partial charge in [0.2, 0.25) is 0 Å². The number of nitrogens with one attached hydrogen (secondary N) is 1. The number of nitro groups is 1. The van der Waals surface area contributed by atoms with Gasteiger partial charge in [-0.1, -0.05) is 6.92 Å². The summed E-state index contributed by atoms with van der Waals surface area (Å²) in [6.45, 7) is 6.03. The number of anilines is 1. The largest absolute Gasteiger partial charge is 0.368 e. The first-order valence-electron chi connectivity index (χ1n) is 7.11. The van der Waals surface area contributed by atoms with Crippen molar-refractivity contribution in [3.63, 3.8) is 0 Å². The third-order valence-electron chi connectivity index (χ3n) is 3.80. The molecule has 2 rings (SSSR count). The van der Waals surface area contributed by atoms with Crippen LogP contribution in [0.4, 0.5) is 11.5 Å². The predicted molar refractivity (Wildman–Crippen MR) is 78.9 cm³/mol. The van der Waals surface area contributed by atoms with Crippen LogP contribution in [-0.2, 0) is 0 Å². The van der Waals surface area contributed by atoms with Crippen molar-refractivity contribution in [3.05, 3.63) is 27.9 Å². The summed E-state index contributed by atoms with van der Waals surface area (Å²) in [5.74, 6) is 1.21. The summed E-state index contributed by atoms with van der Waals surface area (Å²) in [6.07, 6.45) is 3.62. The zero-order valence-corrected chi connectivity index (χ0v) is 12.1. The molecule has 1 aliphatic heterocycles. The first-order valence-corrected chi connectivity index (χ1v) is 7.11. The Morgan fingerprint density at radius 2 is 2.29 bits per heavy atom. The molecule has 0 aliphatic carbocycles. The van der Waals surface area contributed by atoms with Crippen molar-refractivity contribution < 1.29 is 4.92 Å². The van der Waals surface area contributed by atoms with Gasteiger partial charge in [0, 0.05) is 19.2 Å². The maximum absolute atomic E-state index is 10.7. The van der Waals surface area contributed by atoms with Crippen molar-refractivity contribution in [2.45, 2.75) is 19.8 Å². The van der Waals surface area contributed by atoms with Crippen LogP contribution >= 0.6 is 0 Å². The van der Waals surface area contributed by atoms with Crippen LogP contribution in [0.3, 0.4) is 0 Å². The standard InChI is InChI=1S/C14H19N5O2/c1-11-2-5-18(6-3-11)7-4-16-14-12(9-15)8-13(10-17-14)19(20)21/h8,10-11H,2-7H2,1H3,(H,16,17). The van der Waals surface area contributed by atoms with E-state index in [9.17, 15) is 10.1 Å². The molecule has 1 aliphatic rings. The molecule has 0 atom stereocenters. The molecule has 0 aromatic carbocycles. The van der Waals surface area contributed by atoms with Crippen LogP contribution in [0.5, 0.6) is 0 Å². The summed E-state index contributed by atoms with van der Waals surface area (Å²) in [7, 11) is 0. The van der Waals surface area contributed by atoms with E-state index in [0.717, 1.165) is 25.6 Å². The smallest absolute Gasteiger partial charge is 0.289 e. The van der Waals surface area contributed by atoms with Gasteiger partial charge in [-0.3, -0.25) is 10.1 Å². The molecule has 1 aromatic rings. The van der Waals surface area contributed by atoms with Crippen molar-refractivity contribution in [1.82, 2.24) is 9.88 Å². The normalized spacial score (nSPS) is 16.4. The quantitative estimate of drug-likeness (QED) is 0.658. The van der Waals surface area contributed by atoms with Gasteiger partial charge >= 0.3 is 0 Å². The molecule has 0 bridgehead atoms. The van der Waals surface area contributed by atoms with Crippen molar-refractivity contribution in [1.29, 1.82) is 5.26 Å². The zero-order chi connectivity index (χ0) is 15.2. The molecule has 7 nitrogen and oxygen atoms in total. The predicted octanol–water partition coefficient (Wildman–Crippen LogP) is 2.01. The second-order valence-corrected chi connectivity index (χ2v) is 5.41. The fourth-order valence-corrected chi connectivity index (χ4v) is 2.40. The fraction of sp³-hybridized carbons (Fsp3) is 0.571. The summed E-state index contributed by atoms with van der Waals surface area (Å²) in [5, 5.41) is 22.8. The number of hydrogen-bond donors (Lipinski definition) is 1. The average Bonchev–Trinajstić information content (AvgIpc) is 2.49. The van der Waals surface area contributed by atoms with E-state index < -0.39 is 4.92 Å². The average molecular weight is 289 g/mol. The molecule has 0 spiro atoms. The van der Waals surface area contributed by atoms with Crippen LogP contribution in [0.15, 0.2) is 12.3 Å². The number of hydrogen-bond acceptors (Lipinski definition) is 6. The number of rotatable bonds is 5. The van der Waals surface area contributed by atoms with Gasteiger partial charge in [-0.05, 0) is 31.8 Å². The number of aromatic nitrogens is 1. The summed E-state index contributed by atoms with van der Waals surface area (Å²) < 4.78 is 0. The van der Waals surface area contributed by atoms with Crippen molar-refractivity contribution >= 4 is 11.5 Å². The number of piperidine rings is 1. The van der Waals surface area contributed by atoms with E-state index in [4.69, 9.17) is 5.26 Å².